The maximum absolute atomic E-state index is 12.4. The Kier molecular flexibility index (Phi) is 5.93. The van der Waals surface area contributed by atoms with Crippen molar-refractivity contribution < 1.29 is 19.1 Å². The van der Waals surface area contributed by atoms with Gasteiger partial charge in [0.05, 0.1) is 12.7 Å². The molecule has 0 saturated carbocycles. The molecule has 0 saturated heterocycles. The largest absolute Gasteiger partial charge is 0.454 e. The van der Waals surface area contributed by atoms with E-state index in [9.17, 15) is 9.59 Å². The number of aryl methyl sites for hydroxylation is 1. The van der Waals surface area contributed by atoms with Crippen molar-refractivity contribution in [1.82, 2.24) is 14.9 Å². The van der Waals surface area contributed by atoms with Crippen LogP contribution in [0.2, 0.25) is 0 Å². The van der Waals surface area contributed by atoms with Gasteiger partial charge < -0.3 is 24.7 Å². The molecule has 0 aliphatic carbocycles. The minimum Gasteiger partial charge on any atom is -0.454 e. The van der Waals surface area contributed by atoms with E-state index in [1.165, 1.54) is 0 Å². The lowest BCUT2D eigenvalue weighted by Crippen LogP contribution is -2.25. The van der Waals surface area contributed by atoms with Crippen LogP contribution in [0.4, 0.5) is 5.69 Å². The lowest BCUT2D eigenvalue weighted by Gasteiger charge is -2.09. The van der Waals surface area contributed by atoms with Crippen molar-refractivity contribution in [3.8, 4) is 11.5 Å². The molecule has 0 radical (unpaired) electrons. The lowest BCUT2D eigenvalue weighted by atomic mass is 10.1. The first-order chi connectivity index (χ1) is 14.7. The Morgan fingerprint density at radius 1 is 1.10 bits per heavy atom. The Hall–Kier alpha value is -3.81. The normalized spacial score (nSPS) is 11.9. The van der Waals surface area contributed by atoms with Crippen molar-refractivity contribution in [3.05, 3.63) is 72.3 Å². The maximum Gasteiger partial charge on any atom is 0.251 e. The molecule has 2 N–H and O–H groups in total. The van der Waals surface area contributed by atoms with E-state index in [1.807, 2.05) is 16.8 Å². The molecule has 1 aliphatic heterocycles. The zero-order chi connectivity index (χ0) is 20.8. The van der Waals surface area contributed by atoms with Crippen LogP contribution in [0.15, 0.2) is 61.2 Å². The molecule has 154 valence electrons. The number of anilines is 1. The van der Waals surface area contributed by atoms with Gasteiger partial charge in [0.2, 0.25) is 12.7 Å². The molecular weight excluding hydrogens is 384 g/mol. The van der Waals surface area contributed by atoms with Crippen LogP contribution in [0.3, 0.4) is 0 Å². The molecular formula is C22H22N4O4. The molecule has 4 rings (SSSR count). The van der Waals surface area contributed by atoms with Gasteiger partial charge in [-0.15, -0.1) is 0 Å². The average molecular weight is 406 g/mol. The average Bonchev–Trinajstić information content (AvgIpc) is 3.42. The number of amides is 2. The Morgan fingerprint density at radius 3 is 2.87 bits per heavy atom. The third kappa shape index (κ3) is 4.96. The minimum absolute atomic E-state index is 0.154. The molecule has 3 aromatic rings. The van der Waals surface area contributed by atoms with Crippen molar-refractivity contribution in [1.29, 1.82) is 0 Å². The number of hydrogen-bond donors (Lipinski definition) is 2. The molecule has 0 fully saturated rings. The number of aromatic nitrogens is 2. The summed E-state index contributed by atoms with van der Waals surface area (Å²) in [6, 6.07) is 12.3. The lowest BCUT2D eigenvalue weighted by molar-refractivity contribution is -0.115. The third-order valence-electron chi connectivity index (χ3n) is 4.65. The van der Waals surface area contributed by atoms with Crippen LogP contribution in [0.25, 0.3) is 0 Å². The maximum atomic E-state index is 12.4. The smallest absolute Gasteiger partial charge is 0.251 e. The fourth-order valence-electron chi connectivity index (χ4n) is 3.17. The monoisotopic (exact) mass is 406 g/mol. The summed E-state index contributed by atoms with van der Waals surface area (Å²) in [5.41, 5.74) is 1.93. The van der Waals surface area contributed by atoms with Gasteiger partial charge >= 0.3 is 0 Å². The molecule has 8 heteroatoms. The first kappa shape index (κ1) is 19.5. The number of fused-ring (bicyclic) bond motifs is 1. The van der Waals surface area contributed by atoms with Gasteiger partial charge in [0, 0.05) is 42.8 Å². The SMILES string of the molecule is O=C(Cc1cccc(C(=O)NCCCn2ccnc2)c1)Nc1ccc2c(c1)OCO2. The van der Waals surface area contributed by atoms with Crippen LogP contribution in [0.5, 0.6) is 11.5 Å². The second-order valence-electron chi connectivity index (χ2n) is 6.90. The first-order valence-corrected chi connectivity index (χ1v) is 9.70. The van der Waals surface area contributed by atoms with Gasteiger partial charge in [0.1, 0.15) is 0 Å². The van der Waals surface area contributed by atoms with Gasteiger partial charge in [-0.1, -0.05) is 12.1 Å². The van der Waals surface area contributed by atoms with E-state index in [0.29, 0.717) is 29.3 Å². The highest BCUT2D eigenvalue weighted by atomic mass is 16.7. The Bertz CT molecular complexity index is 1030. The number of carbonyl (C=O) groups excluding carboxylic acids is 2. The highest BCUT2D eigenvalue weighted by molar-refractivity contribution is 5.95. The zero-order valence-electron chi connectivity index (χ0n) is 16.3. The fraction of sp³-hybridized carbons (Fsp3) is 0.227. The van der Waals surface area contributed by atoms with Gasteiger partial charge in [-0.25, -0.2) is 4.98 Å². The second kappa shape index (κ2) is 9.13. The summed E-state index contributed by atoms with van der Waals surface area (Å²) >= 11 is 0. The Morgan fingerprint density at radius 2 is 2.00 bits per heavy atom. The summed E-state index contributed by atoms with van der Waals surface area (Å²) in [6.07, 6.45) is 6.34. The van der Waals surface area contributed by atoms with Crippen molar-refractivity contribution in [2.24, 2.45) is 0 Å². The number of ether oxygens (including phenoxy) is 2. The molecule has 1 aromatic heterocycles. The Balaban J connectivity index is 1.28. The number of carbonyl (C=O) groups is 2. The fourth-order valence-corrected chi connectivity index (χ4v) is 3.17. The van der Waals surface area contributed by atoms with Crippen molar-refractivity contribution in [2.45, 2.75) is 19.4 Å². The molecule has 0 unspecified atom stereocenters. The Labute approximate surface area is 173 Å². The van der Waals surface area contributed by atoms with Gasteiger partial charge in [0.25, 0.3) is 5.91 Å². The summed E-state index contributed by atoms with van der Waals surface area (Å²) in [6.45, 7) is 1.54. The van der Waals surface area contributed by atoms with Crippen LogP contribution in [0.1, 0.15) is 22.3 Å². The van der Waals surface area contributed by atoms with Crippen molar-refractivity contribution in [2.75, 3.05) is 18.7 Å². The topological polar surface area (TPSA) is 94.5 Å². The first-order valence-electron chi connectivity index (χ1n) is 9.70. The van der Waals surface area contributed by atoms with E-state index in [4.69, 9.17) is 9.47 Å². The van der Waals surface area contributed by atoms with Gasteiger partial charge in [-0.05, 0) is 36.2 Å². The number of benzene rings is 2. The summed E-state index contributed by atoms with van der Waals surface area (Å²) in [7, 11) is 0. The highest BCUT2D eigenvalue weighted by Gasteiger charge is 2.14. The minimum atomic E-state index is -0.174. The standard InChI is InChI=1S/C22H22N4O4/c27-21(25-18-5-6-19-20(13-18)30-15-29-19)12-16-3-1-4-17(11-16)22(28)24-7-2-9-26-10-8-23-14-26/h1,3-6,8,10-11,13-14H,2,7,9,12,15H2,(H,24,28)(H,25,27). The molecule has 8 nitrogen and oxygen atoms in total. The molecule has 0 spiro atoms. The van der Waals surface area contributed by atoms with Crippen molar-refractivity contribution >= 4 is 17.5 Å². The van der Waals surface area contributed by atoms with E-state index < -0.39 is 0 Å². The van der Waals surface area contributed by atoms with Gasteiger partial charge in [-0.3, -0.25) is 9.59 Å². The van der Waals surface area contributed by atoms with E-state index in [-0.39, 0.29) is 25.0 Å². The zero-order valence-corrected chi connectivity index (χ0v) is 16.3. The predicted octanol–water partition coefficient (Wildman–Crippen LogP) is 2.61. The summed E-state index contributed by atoms with van der Waals surface area (Å²) in [5, 5.41) is 5.75. The van der Waals surface area contributed by atoms with E-state index in [0.717, 1.165) is 18.5 Å². The quantitative estimate of drug-likeness (QED) is 0.561. The number of rotatable bonds is 8. The van der Waals surface area contributed by atoms with Crippen LogP contribution in [-0.4, -0.2) is 34.7 Å². The van der Waals surface area contributed by atoms with Crippen molar-refractivity contribution in [3.63, 3.8) is 0 Å². The molecule has 30 heavy (non-hydrogen) atoms. The molecule has 0 atom stereocenters. The molecule has 2 heterocycles. The van der Waals surface area contributed by atoms with E-state index in [1.54, 1.807) is 48.9 Å². The number of imidazole rings is 1. The molecule has 1 aliphatic rings. The summed E-state index contributed by atoms with van der Waals surface area (Å²) in [5.74, 6) is 0.946. The second-order valence-corrected chi connectivity index (χ2v) is 6.90. The van der Waals surface area contributed by atoms with Gasteiger partial charge in [-0.2, -0.15) is 0 Å². The number of hydrogen-bond acceptors (Lipinski definition) is 5. The molecule has 2 amide bonds. The van der Waals surface area contributed by atoms with Crippen LogP contribution < -0.4 is 20.1 Å². The highest BCUT2D eigenvalue weighted by Crippen LogP contribution is 2.34. The summed E-state index contributed by atoms with van der Waals surface area (Å²) in [4.78, 5) is 28.8. The summed E-state index contributed by atoms with van der Waals surface area (Å²) < 4.78 is 12.6. The van der Waals surface area contributed by atoms with Gasteiger partial charge in [0.15, 0.2) is 11.5 Å². The van der Waals surface area contributed by atoms with Crippen LogP contribution in [0, 0.1) is 0 Å². The van der Waals surface area contributed by atoms with Crippen LogP contribution in [-0.2, 0) is 17.8 Å². The number of nitrogens with one attached hydrogen (secondary N) is 2. The number of nitrogens with zero attached hydrogens (tertiary/aromatic N) is 2. The van der Waals surface area contributed by atoms with E-state index in [2.05, 4.69) is 15.6 Å². The molecule has 0 bridgehead atoms. The molecule has 2 aromatic carbocycles. The van der Waals surface area contributed by atoms with E-state index >= 15 is 0 Å². The van der Waals surface area contributed by atoms with Crippen LogP contribution >= 0.6 is 0 Å². The third-order valence-corrected chi connectivity index (χ3v) is 4.65. The predicted molar refractivity (Wildman–Crippen MR) is 111 cm³/mol.